The van der Waals surface area contributed by atoms with Gasteiger partial charge in [0, 0.05) is 18.0 Å². The van der Waals surface area contributed by atoms with Crippen molar-refractivity contribution in [1.29, 1.82) is 0 Å². The molecule has 3 atom stereocenters. The number of carbonyl (C=O) groups is 1. The van der Waals surface area contributed by atoms with Gasteiger partial charge in [-0.3, -0.25) is 4.79 Å². The Labute approximate surface area is 200 Å². The van der Waals surface area contributed by atoms with Crippen molar-refractivity contribution in [3.63, 3.8) is 0 Å². The second-order valence-corrected chi connectivity index (χ2v) is 12.4. The first-order valence-corrected chi connectivity index (χ1v) is 13.4. The number of rotatable bonds is 4. The van der Waals surface area contributed by atoms with E-state index in [1.807, 2.05) is 6.92 Å². The summed E-state index contributed by atoms with van der Waals surface area (Å²) in [5.41, 5.74) is -2.70. The molecule has 2 saturated heterocycles. The Bertz CT molecular complexity index is 1250. The van der Waals surface area contributed by atoms with E-state index in [4.69, 9.17) is 0 Å². The van der Waals surface area contributed by atoms with Crippen LogP contribution in [0.5, 0.6) is 0 Å². The van der Waals surface area contributed by atoms with Crippen molar-refractivity contribution in [2.75, 3.05) is 20.1 Å². The number of amides is 1. The Hall–Kier alpha value is -1.99. The average molecular weight is 513 g/mol. The average Bonchev–Trinajstić information content (AvgIpc) is 3.29. The smallest absolute Gasteiger partial charge is 0.279 e. The predicted octanol–water partition coefficient (Wildman–Crippen LogP) is 1.78. The molecule has 8 nitrogen and oxygen atoms in total. The first-order chi connectivity index (χ1) is 15.9. The van der Waals surface area contributed by atoms with Crippen molar-refractivity contribution in [3.05, 3.63) is 40.0 Å². The molecule has 0 radical (unpaired) electrons. The summed E-state index contributed by atoms with van der Waals surface area (Å²) in [6, 6.07) is 2.52. The summed E-state index contributed by atoms with van der Waals surface area (Å²) in [4.78, 5) is 18.8. The van der Waals surface area contributed by atoms with Crippen LogP contribution in [0.4, 0.5) is 8.78 Å². The van der Waals surface area contributed by atoms with Gasteiger partial charge >= 0.3 is 0 Å². The largest absolute Gasteiger partial charge is 0.380 e. The van der Waals surface area contributed by atoms with Crippen LogP contribution in [-0.2, 0) is 21.4 Å². The summed E-state index contributed by atoms with van der Waals surface area (Å²) >= 11 is 1.39. The van der Waals surface area contributed by atoms with Crippen molar-refractivity contribution in [1.82, 2.24) is 18.9 Å². The van der Waals surface area contributed by atoms with E-state index in [1.54, 1.807) is 23.6 Å². The molecule has 1 unspecified atom stereocenters. The van der Waals surface area contributed by atoms with Gasteiger partial charge in [0.2, 0.25) is 0 Å². The van der Waals surface area contributed by atoms with Gasteiger partial charge in [0.25, 0.3) is 16.1 Å². The first-order valence-electron chi connectivity index (χ1n) is 11.1. The lowest BCUT2D eigenvalue weighted by Crippen LogP contribution is -2.65. The zero-order valence-electron chi connectivity index (χ0n) is 18.8. The molecule has 2 N–H and O–H groups in total. The third-order valence-electron chi connectivity index (χ3n) is 7.19. The molecular formula is C22H26F2N4O4S2. The van der Waals surface area contributed by atoms with Crippen LogP contribution < -0.4 is 4.72 Å². The number of likely N-dealkylation sites (tertiary alicyclic amines) is 1. The molecular weight excluding hydrogens is 486 g/mol. The summed E-state index contributed by atoms with van der Waals surface area (Å²) in [6.07, 6.45) is 1.08. The Kier molecular flexibility index (Phi) is 5.60. The zero-order valence-corrected chi connectivity index (χ0v) is 20.4. The molecule has 1 amide bonds. The maximum absolute atomic E-state index is 16.1. The molecule has 2 aliphatic heterocycles. The van der Waals surface area contributed by atoms with Crippen molar-refractivity contribution >= 4 is 27.5 Å². The van der Waals surface area contributed by atoms with Crippen LogP contribution in [0.3, 0.4) is 0 Å². The number of nitrogens with one attached hydrogen (secondary N) is 1. The molecule has 3 heterocycles. The van der Waals surface area contributed by atoms with Gasteiger partial charge in [0.1, 0.15) is 11.4 Å². The van der Waals surface area contributed by atoms with E-state index >= 15 is 8.78 Å². The maximum Gasteiger partial charge on any atom is 0.279 e. The highest BCUT2D eigenvalue weighted by atomic mass is 32.2. The van der Waals surface area contributed by atoms with E-state index in [-0.39, 0.29) is 36.9 Å². The summed E-state index contributed by atoms with van der Waals surface area (Å²) in [6.45, 7) is 0.991. The topological polar surface area (TPSA) is 103 Å². The SMILES string of the molecule is Cc1nc(-c2cccc(C[C@H]3[C@H]4NS(=O)(=O)N(C)CC4(F)CN3C(=O)C3(O)CCC3)c2F)cs1. The number of thiazole rings is 1. The maximum atomic E-state index is 16.1. The summed E-state index contributed by atoms with van der Waals surface area (Å²) in [7, 11) is -2.71. The number of alkyl halides is 1. The highest BCUT2D eigenvalue weighted by molar-refractivity contribution is 7.87. The summed E-state index contributed by atoms with van der Waals surface area (Å²) in [5, 5.41) is 13.2. The van der Waals surface area contributed by atoms with E-state index in [2.05, 4.69) is 9.71 Å². The molecule has 3 fully saturated rings. The van der Waals surface area contributed by atoms with Gasteiger partial charge < -0.3 is 10.0 Å². The van der Waals surface area contributed by atoms with Crippen LogP contribution in [0.1, 0.15) is 29.8 Å². The highest BCUT2D eigenvalue weighted by Gasteiger charge is 2.62. The van der Waals surface area contributed by atoms with Gasteiger partial charge in [-0.1, -0.05) is 12.1 Å². The number of aromatic nitrogens is 1. The fourth-order valence-electron chi connectivity index (χ4n) is 5.15. The Balaban J connectivity index is 1.54. The molecule has 12 heteroatoms. The first kappa shape index (κ1) is 23.7. The lowest BCUT2D eigenvalue weighted by Gasteiger charge is -2.40. The van der Waals surface area contributed by atoms with Crippen LogP contribution >= 0.6 is 11.3 Å². The molecule has 5 rings (SSSR count). The van der Waals surface area contributed by atoms with E-state index in [0.29, 0.717) is 12.1 Å². The molecule has 0 spiro atoms. The van der Waals surface area contributed by atoms with Crippen molar-refractivity contribution in [2.24, 2.45) is 0 Å². The fourth-order valence-corrected chi connectivity index (χ4v) is 7.02. The minimum Gasteiger partial charge on any atom is -0.380 e. The van der Waals surface area contributed by atoms with Gasteiger partial charge in [0.15, 0.2) is 5.67 Å². The van der Waals surface area contributed by atoms with Gasteiger partial charge in [-0.25, -0.2) is 13.8 Å². The molecule has 0 bridgehead atoms. The Morgan fingerprint density at radius 3 is 2.71 bits per heavy atom. The van der Waals surface area contributed by atoms with Crippen LogP contribution in [0.2, 0.25) is 0 Å². The normalized spacial score (nSPS) is 30.1. The molecule has 1 saturated carbocycles. The van der Waals surface area contributed by atoms with Gasteiger partial charge in [-0.05, 0) is 44.2 Å². The zero-order chi connectivity index (χ0) is 24.5. The van der Waals surface area contributed by atoms with Gasteiger partial charge in [-0.2, -0.15) is 17.4 Å². The highest BCUT2D eigenvalue weighted by Crippen LogP contribution is 2.42. The summed E-state index contributed by atoms with van der Waals surface area (Å²) in [5.74, 6) is -1.18. The molecule has 1 aliphatic carbocycles. The van der Waals surface area contributed by atoms with E-state index in [1.165, 1.54) is 23.3 Å². The Morgan fingerprint density at radius 1 is 1.35 bits per heavy atom. The lowest BCUT2D eigenvalue weighted by atomic mass is 9.79. The molecule has 2 aromatic rings. The number of carbonyl (C=O) groups excluding carboxylic acids is 1. The number of benzene rings is 1. The third kappa shape index (κ3) is 3.76. The monoisotopic (exact) mass is 512 g/mol. The van der Waals surface area contributed by atoms with Gasteiger partial charge in [-0.15, -0.1) is 11.3 Å². The standard InChI is InChI=1S/C22H26F2N4O4S2/c1-13-25-16(10-33-13)15-6-3-5-14(18(15)23)9-17-19-21(24,11-27(2)34(31,32)26-19)12-28(17)20(29)22(30)7-4-8-22/h3,5-6,10,17,19,26,30H,4,7-9,11-12H2,1-2H3/t17-,19+,21?/m0/s1. The van der Waals surface area contributed by atoms with Gasteiger partial charge in [0.05, 0.1) is 35.9 Å². The third-order valence-corrected chi connectivity index (χ3v) is 9.46. The van der Waals surface area contributed by atoms with E-state index in [0.717, 1.165) is 9.31 Å². The number of hydrogen-bond acceptors (Lipinski definition) is 6. The Morgan fingerprint density at radius 2 is 2.09 bits per heavy atom. The van der Waals surface area contributed by atoms with E-state index < -0.39 is 51.8 Å². The number of halogens is 2. The lowest BCUT2D eigenvalue weighted by molar-refractivity contribution is -0.161. The second-order valence-electron chi connectivity index (χ2n) is 9.51. The molecule has 184 valence electrons. The molecule has 3 aliphatic rings. The minimum absolute atomic E-state index is 0.118. The fraction of sp³-hybridized carbons (Fsp3) is 0.545. The van der Waals surface area contributed by atoms with Crippen LogP contribution in [0, 0.1) is 12.7 Å². The number of fused-ring (bicyclic) bond motifs is 1. The molecule has 34 heavy (non-hydrogen) atoms. The van der Waals surface area contributed by atoms with Crippen molar-refractivity contribution in [2.45, 2.75) is 56.0 Å². The van der Waals surface area contributed by atoms with Crippen LogP contribution in [0.15, 0.2) is 23.6 Å². The number of aryl methyl sites for hydroxylation is 1. The van der Waals surface area contributed by atoms with E-state index in [9.17, 15) is 18.3 Å². The van der Waals surface area contributed by atoms with Crippen molar-refractivity contribution < 1.29 is 27.1 Å². The van der Waals surface area contributed by atoms with Crippen molar-refractivity contribution in [3.8, 4) is 11.3 Å². The number of hydrogen-bond donors (Lipinski definition) is 2. The van der Waals surface area contributed by atoms with Crippen LogP contribution in [-0.4, -0.2) is 77.1 Å². The summed E-state index contributed by atoms with van der Waals surface area (Å²) < 4.78 is 60.0. The second kappa shape index (κ2) is 8.02. The predicted molar refractivity (Wildman–Crippen MR) is 123 cm³/mol. The van der Waals surface area contributed by atoms with Crippen LogP contribution in [0.25, 0.3) is 11.3 Å². The number of aliphatic hydroxyl groups is 1. The molecule has 1 aromatic heterocycles. The molecule has 1 aromatic carbocycles. The minimum atomic E-state index is -3.97. The quantitative estimate of drug-likeness (QED) is 0.650. The number of nitrogens with zero attached hydrogens (tertiary/aromatic N) is 3.